The minimum atomic E-state index is -5.09. The van der Waals surface area contributed by atoms with Gasteiger partial charge in [-0.2, -0.15) is 26.3 Å². The summed E-state index contributed by atoms with van der Waals surface area (Å²) in [5.74, 6) is -1.79. The lowest BCUT2D eigenvalue weighted by atomic mass is 10.0. The third-order valence-corrected chi connectivity index (χ3v) is 5.78. The van der Waals surface area contributed by atoms with E-state index >= 15 is 0 Å². The number of hydrogen-bond acceptors (Lipinski definition) is 5. The van der Waals surface area contributed by atoms with E-state index < -0.39 is 47.4 Å². The van der Waals surface area contributed by atoms with Crippen LogP contribution in [-0.4, -0.2) is 59.3 Å². The number of amides is 2. The maximum absolute atomic E-state index is 13.2. The molecule has 0 radical (unpaired) electrons. The van der Waals surface area contributed by atoms with Gasteiger partial charge in [-0.3, -0.25) is 9.59 Å². The summed E-state index contributed by atoms with van der Waals surface area (Å²) in [6.45, 7) is 6.24. The first-order valence-corrected chi connectivity index (χ1v) is 11.2. The minimum Gasteiger partial charge on any atom is -0.328 e. The minimum absolute atomic E-state index is 0.0471. The Hall–Kier alpha value is -2.67. The quantitative estimate of drug-likeness (QED) is 0.487. The van der Waals surface area contributed by atoms with E-state index in [9.17, 15) is 35.9 Å². The smallest absolute Gasteiger partial charge is 0.328 e. The van der Waals surface area contributed by atoms with E-state index in [0.29, 0.717) is 30.9 Å². The molecule has 1 heterocycles. The molecule has 2 aromatic rings. The number of nitrogens with zero attached hydrogens (tertiary/aromatic N) is 3. The second-order valence-corrected chi connectivity index (χ2v) is 8.25. The number of hydrogen-bond donors (Lipinski definition) is 1. The highest BCUT2D eigenvalue weighted by Gasteiger charge is 2.38. The second-order valence-electron chi connectivity index (χ2n) is 7.39. The molecule has 1 aromatic carbocycles. The van der Waals surface area contributed by atoms with Crippen molar-refractivity contribution < 1.29 is 35.9 Å². The highest BCUT2D eigenvalue weighted by molar-refractivity contribution is 7.13. The van der Waals surface area contributed by atoms with Gasteiger partial charge in [-0.25, -0.2) is 4.98 Å². The van der Waals surface area contributed by atoms with Gasteiger partial charge in [0.05, 0.1) is 16.8 Å². The van der Waals surface area contributed by atoms with Crippen LogP contribution in [0, 0.1) is 6.92 Å². The number of benzene rings is 1. The van der Waals surface area contributed by atoms with Crippen LogP contribution in [0.15, 0.2) is 23.6 Å². The van der Waals surface area contributed by atoms with Crippen molar-refractivity contribution in [1.29, 1.82) is 0 Å². The first-order valence-electron chi connectivity index (χ1n) is 10.3. The third kappa shape index (κ3) is 7.69. The SMILES string of the molecule is CCN(CC)CCN(CC(=O)Nc1nc(C)cs1)C(=O)c1cc(C(F)(F)F)cc(C(F)(F)F)c1. The first-order chi connectivity index (χ1) is 15.7. The van der Waals surface area contributed by atoms with E-state index in [1.165, 1.54) is 0 Å². The highest BCUT2D eigenvalue weighted by Crippen LogP contribution is 2.36. The lowest BCUT2D eigenvalue weighted by Crippen LogP contribution is -2.43. The van der Waals surface area contributed by atoms with Crippen LogP contribution in [-0.2, 0) is 17.1 Å². The lowest BCUT2D eigenvalue weighted by Gasteiger charge is -2.26. The molecule has 0 fully saturated rings. The Morgan fingerprint density at radius 2 is 1.53 bits per heavy atom. The van der Waals surface area contributed by atoms with Gasteiger partial charge in [0.25, 0.3) is 5.91 Å². The van der Waals surface area contributed by atoms with Crippen LogP contribution in [0.5, 0.6) is 0 Å². The number of rotatable bonds is 9. The van der Waals surface area contributed by atoms with E-state index in [1.807, 2.05) is 18.7 Å². The molecule has 0 atom stereocenters. The zero-order chi connectivity index (χ0) is 25.7. The number of anilines is 1. The van der Waals surface area contributed by atoms with Crippen molar-refractivity contribution in [3.05, 3.63) is 46.0 Å². The fourth-order valence-corrected chi connectivity index (χ4v) is 3.76. The molecule has 0 aliphatic rings. The molecule has 1 N–H and O–H groups in total. The van der Waals surface area contributed by atoms with Crippen molar-refractivity contribution >= 4 is 28.3 Å². The Morgan fingerprint density at radius 1 is 0.971 bits per heavy atom. The van der Waals surface area contributed by atoms with Gasteiger partial charge in [-0.05, 0) is 38.2 Å². The van der Waals surface area contributed by atoms with E-state index in [0.717, 1.165) is 16.2 Å². The Bertz CT molecular complexity index is 970. The molecule has 188 valence electrons. The maximum Gasteiger partial charge on any atom is 0.416 e. The second kappa shape index (κ2) is 11.2. The van der Waals surface area contributed by atoms with Crippen molar-refractivity contribution in [2.24, 2.45) is 0 Å². The summed E-state index contributed by atoms with van der Waals surface area (Å²) in [5, 5.41) is 4.43. The van der Waals surface area contributed by atoms with Crippen LogP contribution in [0.2, 0.25) is 0 Å². The molecule has 2 rings (SSSR count). The van der Waals surface area contributed by atoms with Gasteiger partial charge in [0.1, 0.15) is 6.54 Å². The van der Waals surface area contributed by atoms with Gasteiger partial charge in [-0.1, -0.05) is 13.8 Å². The van der Waals surface area contributed by atoms with Gasteiger partial charge >= 0.3 is 12.4 Å². The molecular formula is C21H24F6N4O2S. The molecule has 13 heteroatoms. The predicted octanol–water partition coefficient (Wildman–Crippen LogP) is 4.91. The summed E-state index contributed by atoms with van der Waals surface area (Å²) < 4.78 is 79.4. The van der Waals surface area contributed by atoms with E-state index in [4.69, 9.17) is 0 Å². The summed E-state index contributed by atoms with van der Waals surface area (Å²) in [6, 6.07) is 0.683. The maximum atomic E-state index is 13.2. The van der Waals surface area contributed by atoms with Crippen LogP contribution in [0.3, 0.4) is 0 Å². The molecule has 1 aromatic heterocycles. The summed E-state index contributed by atoms with van der Waals surface area (Å²) in [5.41, 5.74) is -3.35. The molecule has 0 saturated heterocycles. The van der Waals surface area contributed by atoms with Gasteiger partial charge in [0.15, 0.2) is 5.13 Å². The zero-order valence-electron chi connectivity index (χ0n) is 18.7. The average Bonchev–Trinajstić information content (AvgIpc) is 3.15. The predicted molar refractivity (Wildman–Crippen MR) is 116 cm³/mol. The number of alkyl halides is 6. The molecule has 0 aliphatic heterocycles. The molecular weight excluding hydrogens is 486 g/mol. The number of carbonyl (C=O) groups is 2. The van der Waals surface area contributed by atoms with Gasteiger partial charge in [0.2, 0.25) is 5.91 Å². The van der Waals surface area contributed by atoms with E-state index in [-0.39, 0.29) is 24.3 Å². The van der Waals surface area contributed by atoms with Gasteiger partial charge in [0, 0.05) is 24.0 Å². The van der Waals surface area contributed by atoms with Crippen molar-refractivity contribution in [2.45, 2.75) is 33.1 Å². The monoisotopic (exact) mass is 510 g/mol. The number of aromatic nitrogens is 1. The topological polar surface area (TPSA) is 65.5 Å². The van der Waals surface area contributed by atoms with Crippen LogP contribution in [0.4, 0.5) is 31.5 Å². The van der Waals surface area contributed by atoms with Crippen molar-refractivity contribution in [3.8, 4) is 0 Å². The number of aryl methyl sites for hydroxylation is 1. The summed E-state index contributed by atoms with van der Waals surface area (Å²) in [4.78, 5) is 32.5. The molecule has 6 nitrogen and oxygen atoms in total. The Morgan fingerprint density at radius 3 is 1.97 bits per heavy atom. The molecule has 2 amide bonds. The van der Waals surface area contributed by atoms with Crippen LogP contribution >= 0.6 is 11.3 Å². The molecule has 0 bridgehead atoms. The number of carbonyl (C=O) groups excluding carboxylic acids is 2. The van der Waals surface area contributed by atoms with Crippen molar-refractivity contribution in [3.63, 3.8) is 0 Å². The fourth-order valence-electron chi connectivity index (χ4n) is 3.06. The van der Waals surface area contributed by atoms with Crippen molar-refractivity contribution in [2.75, 3.05) is 38.0 Å². The van der Waals surface area contributed by atoms with Crippen LogP contribution < -0.4 is 5.32 Å². The number of nitrogens with one attached hydrogen (secondary N) is 1. The number of thiazole rings is 1. The fraction of sp³-hybridized carbons (Fsp3) is 0.476. The molecule has 0 spiro atoms. The summed E-state index contributed by atoms with van der Waals surface area (Å²) >= 11 is 1.14. The van der Waals surface area contributed by atoms with Crippen LogP contribution in [0.25, 0.3) is 0 Å². The first kappa shape index (κ1) is 27.6. The average molecular weight is 511 g/mol. The lowest BCUT2D eigenvalue weighted by molar-refractivity contribution is -0.143. The normalized spacial score (nSPS) is 12.2. The summed E-state index contributed by atoms with van der Waals surface area (Å²) in [6.07, 6.45) is -10.2. The zero-order valence-corrected chi connectivity index (χ0v) is 19.5. The molecule has 0 aliphatic carbocycles. The third-order valence-electron chi connectivity index (χ3n) is 4.90. The van der Waals surface area contributed by atoms with E-state index in [1.54, 1.807) is 12.3 Å². The highest BCUT2D eigenvalue weighted by atomic mass is 32.1. The number of likely N-dealkylation sites (N-methyl/N-ethyl adjacent to an activating group) is 1. The molecule has 34 heavy (non-hydrogen) atoms. The van der Waals surface area contributed by atoms with Crippen molar-refractivity contribution in [1.82, 2.24) is 14.8 Å². The van der Waals surface area contributed by atoms with E-state index in [2.05, 4.69) is 10.3 Å². The Kier molecular flexibility index (Phi) is 9.06. The summed E-state index contributed by atoms with van der Waals surface area (Å²) in [7, 11) is 0. The number of halogens is 6. The van der Waals surface area contributed by atoms with Gasteiger partial charge in [-0.15, -0.1) is 11.3 Å². The van der Waals surface area contributed by atoms with Crippen LogP contribution in [0.1, 0.15) is 41.0 Å². The Balaban J connectivity index is 2.38. The largest absolute Gasteiger partial charge is 0.416 e. The Labute approximate surface area is 196 Å². The molecule has 0 unspecified atom stereocenters. The standard InChI is InChI=1S/C21H24F6N4O2S/c1-4-30(5-2)6-7-31(11-17(32)29-19-28-13(3)12-34-19)18(33)14-8-15(20(22,23)24)10-16(9-14)21(25,26)27/h8-10,12H,4-7,11H2,1-3H3,(H,28,29,32). The van der Waals surface area contributed by atoms with Gasteiger partial charge < -0.3 is 15.1 Å². The molecule has 0 saturated carbocycles.